The molecule has 0 aliphatic rings. The van der Waals surface area contributed by atoms with Gasteiger partial charge in [-0.05, 0) is 21.9 Å². The Morgan fingerprint density at radius 2 is 0.885 bits per heavy atom. The van der Waals surface area contributed by atoms with Crippen molar-refractivity contribution in [3.05, 3.63) is 47.5 Å². The van der Waals surface area contributed by atoms with Crippen LogP contribution in [0.5, 0.6) is 0 Å². The third kappa shape index (κ3) is 4.05. The molecule has 26 heavy (non-hydrogen) atoms. The Bertz CT molecular complexity index is 710. The van der Waals surface area contributed by atoms with E-state index >= 15 is 0 Å². The Labute approximate surface area is 153 Å². The normalized spacial score (nSPS) is 14.1. The fourth-order valence-corrected chi connectivity index (χ4v) is 2.76. The van der Waals surface area contributed by atoms with Gasteiger partial charge < -0.3 is 0 Å². The summed E-state index contributed by atoms with van der Waals surface area (Å²) in [5, 5.41) is 1.25. The Hall–Kier alpha value is -1.58. The standard InChI is InChI=1S/C22H28F4/c1-19(2,3)21(23,24)13-15-9-7-12-18-16(10-8-11-17(15)18)14-22(25,26)20(4,5)6/h7-12H,13-14H2,1-6H3. The lowest BCUT2D eigenvalue weighted by molar-refractivity contribution is -0.0955. The summed E-state index contributed by atoms with van der Waals surface area (Å²) in [5.41, 5.74) is -1.37. The molecule has 2 aromatic rings. The molecule has 0 nitrogen and oxygen atoms in total. The monoisotopic (exact) mass is 368 g/mol. The third-order valence-electron chi connectivity index (χ3n) is 5.12. The van der Waals surface area contributed by atoms with E-state index in [-0.39, 0.29) is 0 Å². The summed E-state index contributed by atoms with van der Waals surface area (Å²) in [6.07, 6.45) is -0.820. The van der Waals surface area contributed by atoms with Gasteiger partial charge in [0.05, 0.1) is 0 Å². The first-order chi connectivity index (χ1) is 11.7. The first kappa shape index (κ1) is 20.7. The molecule has 0 aliphatic carbocycles. The lowest BCUT2D eigenvalue weighted by Crippen LogP contribution is -2.36. The molecule has 0 heterocycles. The Morgan fingerprint density at radius 1 is 0.577 bits per heavy atom. The molecule has 144 valence electrons. The zero-order valence-electron chi connectivity index (χ0n) is 16.4. The highest BCUT2D eigenvalue weighted by Crippen LogP contribution is 2.42. The topological polar surface area (TPSA) is 0 Å². The van der Waals surface area contributed by atoms with E-state index in [9.17, 15) is 17.6 Å². The molecular formula is C22H28F4. The van der Waals surface area contributed by atoms with Gasteiger partial charge in [-0.2, -0.15) is 0 Å². The molecule has 0 aliphatic heterocycles. The fourth-order valence-electron chi connectivity index (χ4n) is 2.76. The van der Waals surface area contributed by atoms with Crippen LogP contribution < -0.4 is 0 Å². The van der Waals surface area contributed by atoms with Crippen LogP contribution in [0, 0.1) is 10.8 Å². The van der Waals surface area contributed by atoms with Gasteiger partial charge in [0, 0.05) is 23.7 Å². The number of alkyl halides is 4. The predicted molar refractivity (Wildman–Crippen MR) is 100 cm³/mol. The molecule has 0 saturated carbocycles. The molecule has 4 heteroatoms. The maximum Gasteiger partial charge on any atom is 0.256 e. The van der Waals surface area contributed by atoms with Crippen LogP contribution in [-0.4, -0.2) is 11.8 Å². The average molecular weight is 368 g/mol. The highest BCUT2D eigenvalue weighted by molar-refractivity contribution is 5.88. The van der Waals surface area contributed by atoms with E-state index in [0.717, 1.165) is 0 Å². The Kier molecular flexibility index (Phi) is 5.22. The minimum Gasteiger partial charge on any atom is -0.206 e. The summed E-state index contributed by atoms with van der Waals surface area (Å²) in [6, 6.07) is 10.1. The molecule has 0 unspecified atom stereocenters. The van der Waals surface area contributed by atoms with Gasteiger partial charge in [0.25, 0.3) is 11.8 Å². The van der Waals surface area contributed by atoms with Gasteiger partial charge in [0.1, 0.15) is 0 Å². The molecule has 0 spiro atoms. The maximum absolute atomic E-state index is 14.6. The van der Waals surface area contributed by atoms with Gasteiger partial charge in [0.15, 0.2) is 0 Å². The second-order valence-corrected chi connectivity index (χ2v) is 9.19. The van der Waals surface area contributed by atoms with Crippen molar-refractivity contribution in [2.45, 2.75) is 66.2 Å². The fraction of sp³-hybridized carbons (Fsp3) is 0.545. The quantitative estimate of drug-likeness (QED) is 0.497. The molecule has 0 atom stereocenters. The van der Waals surface area contributed by atoms with Gasteiger partial charge in [-0.3, -0.25) is 0 Å². The smallest absolute Gasteiger partial charge is 0.206 e. The Balaban J connectivity index is 2.50. The number of benzene rings is 2. The van der Waals surface area contributed by atoms with Crippen molar-refractivity contribution in [2.24, 2.45) is 10.8 Å². The van der Waals surface area contributed by atoms with Crippen LogP contribution in [0.4, 0.5) is 17.6 Å². The van der Waals surface area contributed by atoms with E-state index in [4.69, 9.17) is 0 Å². The molecule has 0 N–H and O–H groups in total. The summed E-state index contributed by atoms with van der Waals surface area (Å²) in [5.74, 6) is -5.79. The van der Waals surface area contributed by atoms with Crippen LogP contribution in [-0.2, 0) is 12.8 Å². The number of rotatable bonds is 4. The Morgan fingerprint density at radius 3 is 1.15 bits per heavy atom. The zero-order chi connectivity index (χ0) is 20.0. The molecule has 0 amide bonds. The van der Waals surface area contributed by atoms with Crippen LogP contribution in [0.25, 0.3) is 10.8 Å². The van der Waals surface area contributed by atoms with E-state index in [1.54, 1.807) is 36.4 Å². The van der Waals surface area contributed by atoms with Crippen molar-refractivity contribution < 1.29 is 17.6 Å². The SMILES string of the molecule is CC(C)(C)C(F)(F)Cc1cccc2c(CC(F)(F)C(C)(C)C)cccc12. The molecule has 2 aromatic carbocycles. The second-order valence-electron chi connectivity index (χ2n) is 9.19. The van der Waals surface area contributed by atoms with E-state index in [0.29, 0.717) is 21.9 Å². The number of hydrogen-bond donors (Lipinski definition) is 0. The highest BCUT2D eigenvalue weighted by atomic mass is 19.3. The van der Waals surface area contributed by atoms with Crippen LogP contribution in [0.15, 0.2) is 36.4 Å². The van der Waals surface area contributed by atoms with E-state index in [1.165, 1.54) is 41.5 Å². The molecule has 2 rings (SSSR count). The minimum atomic E-state index is -2.90. The zero-order valence-corrected chi connectivity index (χ0v) is 16.4. The van der Waals surface area contributed by atoms with E-state index in [1.807, 2.05) is 0 Å². The van der Waals surface area contributed by atoms with E-state index in [2.05, 4.69) is 0 Å². The van der Waals surface area contributed by atoms with Gasteiger partial charge in [-0.1, -0.05) is 77.9 Å². The molecule has 0 saturated heterocycles. The number of fused-ring (bicyclic) bond motifs is 1. The van der Waals surface area contributed by atoms with Gasteiger partial charge in [-0.25, -0.2) is 17.6 Å². The first-order valence-electron chi connectivity index (χ1n) is 8.91. The van der Waals surface area contributed by atoms with Crippen LogP contribution in [0.2, 0.25) is 0 Å². The average Bonchev–Trinajstić information content (AvgIpc) is 2.45. The molecule has 0 bridgehead atoms. The number of halogens is 4. The van der Waals surface area contributed by atoms with Gasteiger partial charge in [0.2, 0.25) is 0 Å². The van der Waals surface area contributed by atoms with Gasteiger partial charge >= 0.3 is 0 Å². The minimum absolute atomic E-state index is 0.410. The van der Waals surface area contributed by atoms with E-state index < -0.39 is 35.5 Å². The largest absolute Gasteiger partial charge is 0.256 e. The van der Waals surface area contributed by atoms with Crippen molar-refractivity contribution >= 4 is 10.8 Å². The lowest BCUT2D eigenvalue weighted by atomic mass is 9.81. The van der Waals surface area contributed by atoms with Crippen molar-refractivity contribution in [2.75, 3.05) is 0 Å². The summed E-state index contributed by atoms with van der Waals surface area (Å²) in [4.78, 5) is 0. The second kappa shape index (κ2) is 6.54. The first-order valence-corrected chi connectivity index (χ1v) is 8.91. The summed E-state index contributed by atoms with van der Waals surface area (Å²) >= 11 is 0. The lowest BCUT2D eigenvalue weighted by Gasteiger charge is -2.31. The molecular weight excluding hydrogens is 340 g/mol. The predicted octanol–water partition coefficient (Wildman–Crippen LogP) is 7.29. The maximum atomic E-state index is 14.6. The van der Waals surface area contributed by atoms with Gasteiger partial charge in [-0.15, -0.1) is 0 Å². The summed E-state index contributed by atoms with van der Waals surface area (Å²) in [7, 11) is 0. The highest BCUT2D eigenvalue weighted by Gasteiger charge is 2.44. The van der Waals surface area contributed by atoms with Crippen molar-refractivity contribution in [3.63, 3.8) is 0 Å². The van der Waals surface area contributed by atoms with Crippen LogP contribution in [0.1, 0.15) is 52.7 Å². The summed E-state index contributed by atoms with van der Waals surface area (Å²) < 4.78 is 58.2. The molecule has 0 radical (unpaired) electrons. The van der Waals surface area contributed by atoms with Crippen molar-refractivity contribution in [1.82, 2.24) is 0 Å². The van der Waals surface area contributed by atoms with Crippen molar-refractivity contribution in [1.29, 1.82) is 0 Å². The molecule has 0 fully saturated rings. The number of hydrogen-bond acceptors (Lipinski definition) is 0. The summed E-state index contributed by atoms with van der Waals surface area (Å²) in [6.45, 7) is 9.04. The molecule has 0 aromatic heterocycles. The van der Waals surface area contributed by atoms with Crippen LogP contribution >= 0.6 is 0 Å². The van der Waals surface area contributed by atoms with Crippen molar-refractivity contribution in [3.8, 4) is 0 Å². The third-order valence-corrected chi connectivity index (χ3v) is 5.12. The van der Waals surface area contributed by atoms with Crippen LogP contribution in [0.3, 0.4) is 0 Å².